The number of pyridine rings is 1. The highest BCUT2D eigenvalue weighted by atomic mass is 16.5. The van der Waals surface area contributed by atoms with E-state index in [2.05, 4.69) is 25.5 Å². The summed E-state index contributed by atoms with van der Waals surface area (Å²) in [5.74, 6) is 1.18. The van der Waals surface area contributed by atoms with Crippen molar-refractivity contribution in [3.05, 3.63) is 47.4 Å². The third-order valence-electron chi connectivity index (χ3n) is 4.43. The quantitative estimate of drug-likeness (QED) is 0.757. The second-order valence-corrected chi connectivity index (χ2v) is 6.69. The molecule has 0 saturated heterocycles. The molecule has 3 aromatic heterocycles. The molecule has 0 bridgehead atoms. The zero-order valence-corrected chi connectivity index (χ0v) is 14.9. The van der Waals surface area contributed by atoms with Crippen LogP contribution in [0.3, 0.4) is 0 Å². The number of aromatic nitrogens is 5. The summed E-state index contributed by atoms with van der Waals surface area (Å²) in [7, 11) is 1.73. The van der Waals surface area contributed by atoms with E-state index in [4.69, 9.17) is 4.52 Å². The van der Waals surface area contributed by atoms with E-state index in [-0.39, 0.29) is 5.91 Å². The van der Waals surface area contributed by atoms with Crippen LogP contribution in [-0.4, -0.2) is 30.8 Å². The molecule has 3 aromatic rings. The van der Waals surface area contributed by atoms with Gasteiger partial charge in [-0.25, -0.2) is 0 Å². The Hall–Kier alpha value is -3.03. The summed E-state index contributed by atoms with van der Waals surface area (Å²) in [6, 6.07) is 5.19. The van der Waals surface area contributed by atoms with Crippen molar-refractivity contribution in [3.63, 3.8) is 0 Å². The number of hydrogen-bond acceptors (Lipinski definition) is 6. The van der Waals surface area contributed by atoms with Gasteiger partial charge in [0.25, 0.3) is 5.91 Å². The fourth-order valence-electron chi connectivity index (χ4n) is 2.87. The molecular weight excluding hydrogens is 332 g/mol. The van der Waals surface area contributed by atoms with Crippen molar-refractivity contribution in [2.75, 3.05) is 0 Å². The van der Waals surface area contributed by atoms with E-state index < -0.39 is 6.04 Å². The summed E-state index contributed by atoms with van der Waals surface area (Å²) in [5, 5.41) is 11.1. The first kappa shape index (κ1) is 16.4. The number of nitrogens with one attached hydrogen (secondary N) is 1. The predicted octanol–water partition coefficient (Wildman–Crippen LogP) is 2.54. The maximum Gasteiger partial charge on any atom is 0.270 e. The Kier molecular flexibility index (Phi) is 4.02. The molecule has 1 unspecified atom stereocenters. The molecule has 3 heterocycles. The number of rotatable bonds is 5. The van der Waals surface area contributed by atoms with Gasteiger partial charge in [0.2, 0.25) is 11.7 Å². The van der Waals surface area contributed by atoms with Gasteiger partial charge in [-0.2, -0.15) is 10.1 Å². The van der Waals surface area contributed by atoms with Crippen molar-refractivity contribution in [1.82, 2.24) is 30.2 Å². The lowest BCUT2D eigenvalue weighted by molar-refractivity contribution is 0.0923. The van der Waals surface area contributed by atoms with Crippen molar-refractivity contribution in [2.45, 2.75) is 38.6 Å². The van der Waals surface area contributed by atoms with Gasteiger partial charge in [-0.1, -0.05) is 5.16 Å². The van der Waals surface area contributed by atoms with Crippen LogP contribution in [0, 0.1) is 6.92 Å². The lowest BCUT2D eigenvalue weighted by Crippen LogP contribution is -2.28. The van der Waals surface area contributed by atoms with Crippen LogP contribution in [0.5, 0.6) is 0 Å². The number of hydrogen-bond donors (Lipinski definition) is 1. The monoisotopic (exact) mass is 352 g/mol. The molecule has 8 heteroatoms. The lowest BCUT2D eigenvalue weighted by Gasteiger charge is -2.09. The van der Waals surface area contributed by atoms with Crippen LogP contribution in [0.1, 0.15) is 59.5 Å². The van der Waals surface area contributed by atoms with E-state index in [1.54, 1.807) is 30.9 Å². The smallest absolute Gasteiger partial charge is 0.270 e. The van der Waals surface area contributed by atoms with E-state index in [9.17, 15) is 4.79 Å². The second-order valence-electron chi connectivity index (χ2n) is 6.69. The third-order valence-corrected chi connectivity index (χ3v) is 4.43. The topological polar surface area (TPSA) is 98.7 Å². The van der Waals surface area contributed by atoms with Crippen LogP contribution in [0.4, 0.5) is 0 Å². The number of carbonyl (C=O) groups excluding carboxylic acids is 1. The molecular formula is C18H20N6O2. The second kappa shape index (κ2) is 6.36. The molecule has 1 aliphatic carbocycles. The normalized spacial score (nSPS) is 15.0. The van der Waals surface area contributed by atoms with Gasteiger partial charge in [-0.15, -0.1) is 0 Å². The maximum atomic E-state index is 12.4. The van der Waals surface area contributed by atoms with Gasteiger partial charge in [0.15, 0.2) is 0 Å². The molecule has 1 fully saturated rings. The summed E-state index contributed by atoms with van der Waals surface area (Å²) in [4.78, 5) is 21.2. The van der Waals surface area contributed by atoms with Gasteiger partial charge >= 0.3 is 0 Å². The Bertz CT molecular complexity index is 956. The van der Waals surface area contributed by atoms with Gasteiger partial charge in [-0.3, -0.25) is 14.5 Å². The summed E-state index contributed by atoms with van der Waals surface area (Å²) in [6.45, 7) is 3.65. The SMILES string of the molecule is Cc1cc(C(=O)NC(C)c2nc(-c3ccnc(C4CC4)c3)no2)n(C)n1. The van der Waals surface area contributed by atoms with E-state index in [0.29, 0.717) is 23.3 Å². The standard InChI is InChI=1S/C18H20N6O2/c1-10-8-15(24(3)22-10)17(25)20-11(2)18-21-16(23-26-18)13-6-7-19-14(9-13)12-4-5-12/h6-9,11-12H,4-5H2,1-3H3,(H,20,25). The molecule has 0 aliphatic heterocycles. The average molecular weight is 352 g/mol. The Balaban J connectivity index is 1.49. The molecule has 1 amide bonds. The fraction of sp³-hybridized carbons (Fsp3) is 0.389. The van der Waals surface area contributed by atoms with E-state index in [0.717, 1.165) is 17.0 Å². The number of carbonyl (C=O) groups is 1. The number of amides is 1. The average Bonchev–Trinajstić information content (AvgIpc) is 3.25. The molecule has 0 radical (unpaired) electrons. The summed E-state index contributed by atoms with van der Waals surface area (Å²) >= 11 is 0. The largest absolute Gasteiger partial charge is 0.339 e. The van der Waals surface area contributed by atoms with Crippen LogP contribution < -0.4 is 5.32 Å². The Morgan fingerprint density at radius 3 is 2.88 bits per heavy atom. The fourth-order valence-corrected chi connectivity index (χ4v) is 2.87. The van der Waals surface area contributed by atoms with Gasteiger partial charge < -0.3 is 9.84 Å². The molecule has 1 saturated carbocycles. The summed E-state index contributed by atoms with van der Waals surface area (Å²) in [5.41, 5.74) is 3.21. The molecule has 134 valence electrons. The first-order chi connectivity index (χ1) is 12.5. The Morgan fingerprint density at radius 2 is 2.19 bits per heavy atom. The lowest BCUT2D eigenvalue weighted by atomic mass is 10.2. The first-order valence-corrected chi connectivity index (χ1v) is 8.62. The predicted molar refractivity (Wildman–Crippen MR) is 93.3 cm³/mol. The summed E-state index contributed by atoms with van der Waals surface area (Å²) in [6.07, 6.45) is 4.14. The minimum atomic E-state index is -0.413. The number of aryl methyl sites for hydroxylation is 2. The van der Waals surface area contributed by atoms with Gasteiger partial charge in [-0.05, 0) is 44.9 Å². The van der Waals surface area contributed by atoms with Crippen LogP contribution in [0.15, 0.2) is 28.9 Å². The zero-order valence-electron chi connectivity index (χ0n) is 14.9. The highest BCUT2D eigenvalue weighted by molar-refractivity contribution is 5.92. The van der Waals surface area contributed by atoms with Crippen LogP contribution >= 0.6 is 0 Å². The summed E-state index contributed by atoms with van der Waals surface area (Å²) < 4.78 is 6.90. The molecule has 26 heavy (non-hydrogen) atoms. The molecule has 1 atom stereocenters. The van der Waals surface area contributed by atoms with Crippen LogP contribution in [-0.2, 0) is 7.05 Å². The van der Waals surface area contributed by atoms with E-state index in [1.165, 1.54) is 12.8 Å². The number of nitrogens with zero attached hydrogens (tertiary/aromatic N) is 5. The van der Waals surface area contributed by atoms with Gasteiger partial charge in [0, 0.05) is 30.4 Å². The molecule has 4 rings (SSSR count). The Morgan fingerprint density at radius 1 is 1.38 bits per heavy atom. The highest BCUT2D eigenvalue weighted by Gasteiger charge is 2.26. The molecule has 8 nitrogen and oxygen atoms in total. The van der Waals surface area contributed by atoms with Crippen molar-refractivity contribution in [3.8, 4) is 11.4 Å². The Labute approximate surface area is 150 Å². The molecule has 1 N–H and O–H groups in total. The van der Waals surface area contributed by atoms with E-state index in [1.807, 2.05) is 19.1 Å². The molecule has 1 aliphatic rings. The van der Waals surface area contributed by atoms with Crippen molar-refractivity contribution < 1.29 is 9.32 Å². The van der Waals surface area contributed by atoms with Gasteiger partial charge in [0.05, 0.1) is 5.69 Å². The minimum Gasteiger partial charge on any atom is -0.339 e. The minimum absolute atomic E-state index is 0.236. The van der Waals surface area contributed by atoms with Crippen molar-refractivity contribution >= 4 is 5.91 Å². The van der Waals surface area contributed by atoms with Crippen LogP contribution in [0.2, 0.25) is 0 Å². The molecule has 0 aromatic carbocycles. The molecule has 0 spiro atoms. The van der Waals surface area contributed by atoms with Crippen molar-refractivity contribution in [2.24, 2.45) is 7.05 Å². The highest BCUT2D eigenvalue weighted by Crippen LogP contribution is 2.39. The first-order valence-electron chi connectivity index (χ1n) is 8.62. The van der Waals surface area contributed by atoms with E-state index >= 15 is 0 Å². The van der Waals surface area contributed by atoms with Crippen LogP contribution in [0.25, 0.3) is 11.4 Å². The van der Waals surface area contributed by atoms with Crippen molar-refractivity contribution in [1.29, 1.82) is 0 Å². The zero-order chi connectivity index (χ0) is 18.3. The third kappa shape index (κ3) is 3.22. The van der Waals surface area contributed by atoms with Gasteiger partial charge in [0.1, 0.15) is 11.7 Å². The maximum absolute atomic E-state index is 12.4.